The monoisotopic (exact) mass is 272 g/mol. The van der Waals surface area contributed by atoms with Gasteiger partial charge in [-0.05, 0) is 37.1 Å². The van der Waals surface area contributed by atoms with Gasteiger partial charge >= 0.3 is 0 Å². The molecule has 2 unspecified atom stereocenters. The van der Waals surface area contributed by atoms with Gasteiger partial charge in [-0.2, -0.15) is 0 Å². The van der Waals surface area contributed by atoms with Gasteiger partial charge in [0.05, 0.1) is 6.10 Å². The van der Waals surface area contributed by atoms with Crippen LogP contribution >= 0.6 is 15.9 Å². The van der Waals surface area contributed by atoms with Crippen LogP contribution in [0.4, 0.5) is 0 Å². The molecule has 0 saturated carbocycles. The van der Waals surface area contributed by atoms with Crippen LogP contribution in [-0.4, -0.2) is 16.7 Å². The highest BCUT2D eigenvalue weighted by Crippen LogP contribution is 2.37. The molecule has 0 saturated heterocycles. The molecule has 3 nitrogen and oxygen atoms in total. The summed E-state index contributed by atoms with van der Waals surface area (Å²) < 4.78 is 10.5. The van der Waals surface area contributed by atoms with Gasteiger partial charge in [0, 0.05) is 4.83 Å². The second kappa shape index (κ2) is 4.02. The number of hydrogen-bond acceptors (Lipinski definition) is 3. The number of aliphatic hydroxyl groups is 1. The molecule has 1 N–H and O–H groups in total. The van der Waals surface area contributed by atoms with Crippen molar-refractivity contribution < 1.29 is 14.6 Å². The van der Waals surface area contributed by atoms with Gasteiger partial charge in [-0.25, -0.2) is 0 Å². The van der Waals surface area contributed by atoms with Crippen LogP contribution in [0, 0.1) is 6.92 Å². The topological polar surface area (TPSA) is 38.7 Å². The van der Waals surface area contributed by atoms with Crippen molar-refractivity contribution in [3.8, 4) is 11.5 Å². The first kappa shape index (κ1) is 10.8. The zero-order chi connectivity index (χ0) is 11.0. The molecule has 0 spiro atoms. The third-order valence-corrected chi connectivity index (χ3v) is 3.02. The minimum atomic E-state index is -0.528. The lowest BCUT2D eigenvalue weighted by molar-refractivity contribution is 0.172. The molecule has 2 rings (SSSR count). The minimum Gasteiger partial charge on any atom is -0.454 e. The van der Waals surface area contributed by atoms with E-state index >= 15 is 0 Å². The second-order valence-electron chi connectivity index (χ2n) is 3.68. The van der Waals surface area contributed by atoms with Crippen molar-refractivity contribution in [3.63, 3.8) is 0 Å². The highest BCUT2D eigenvalue weighted by Gasteiger charge is 2.21. The van der Waals surface area contributed by atoms with E-state index < -0.39 is 6.10 Å². The summed E-state index contributed by atoms with van der Waals surface area (Å²) in [5.74, 6) is 1.47. The molecule has 82 valence electrons. The Kier molecular flexibility index (Phi) is 2.89. The Bertz CT molecular complexity index is 376. The lowest BCUT2D eigenvalue weighted by Gasteiger charge is -2.16. The van der Waals surface area contributed by atoms with Crippen LogP contribution in [-0.2, 0) is 0 Å². The number of hydrogen-bond donors (Lipinski definition) is 1. The van der Waals surface area contributed by atoms with Crippen molar-refractivity contribution in [1.29, 1.82) is 0 Å². The third kappa shape index (κ3) is 1.96. The molecule has 2 atom stereocenters. The Hall–Kier alpha value is -0.740. The maximum atomic E-state index is 9.97. The second-order valence-corrected chi connectivity index (χ2v) is 5.13. The van der Waals surface area contributed by atoms with Crippen molar-refractivity contribution in [2.45, 2.75) is 24.8 Å². The predicted molar refractivity (Wildman–Crippen MR) is 60.7 cm³/mol. The van der Waals surface area contributed by atoms with Gasteiger partial charge in [0.2, 0.25) is 6.79 Å². The molecule has 0 aliphatic carbocycles. The number of halogens is 1. The Balaban J connectivity index is 2.40. The molecule has 1 aromatic carbocycles. The summed E-state index contributed by atoms with van der Waals surface area (Å²) in [7, 11) is 0. The Morgan fingerprint density at radius 1 is 1.33 bits per heavy atom. The van der Waals surface area contributed by atoms with Gasteiger partial charge < -0.3 is 14.6 Å². The van der Waals surface area contributed by atoms with Crippen LogP contribution in [0.1, 0.15) is 24.2 Å². The number of fused-ring (bicyclic) bond motifs is 1. The van der Waals surface area contributed by atoms with Crippen molar-refractivity contribution in [3.05, 3.63) is 23.3 Å². The van der Waals surface area contributed by atoms with Crippen LogP contribution in [0.15, 0.2) is 12.1 Å². The zero-order valence-corrected chi connectivity index (χ0v) is 10.2. The van der Waals surface area contributed by atoms with Crippen LogP contribution < -0.4 is 9.47 Å². The molecule has 0 bridgehead atoms. The fraction of sp³-hybridized carbons (Fsp3) is 0.455. The lowest BCUT2D eigenvalue weighted by Crippen LogP contribution is -2.09. The Labute approximate surface area is 97.1 Å². The van der Waals surface area contributed by atoms with Crippen molar-refractivity contribution in [2.75, 3.05) is 6.79 Å². The zero-order valence-electron chi connectivity index (χ0n) is 8.66. The van der Waals surface area contributed by atoms with E-state index in [1.54, 1.807) is 0 Å². The molecule has 0 amide bonds. The number of aryl methyl sites for hydroxylation is 1. The number of alkyl halides is 1. The molecule has 1 aliphatic rings. The average Bonchev–Trinajstić information content (AvgIpc) is 2.62. The van der Waals surface area contributed by atoms with E-state index in [2.05, 4.69) is 15.9 Å². The summed E-state index contributed by atoms with van der Waals surface area (Å²) in [5.41, 5.74) is 1.89. The third-order valence-electron chi connectivity index (χ3n) is 2.51. The van der Waals surface area contributed by atoms with Crippen molar-refractivity contribution in [2.24, 2.45) is 0 Å². The van der Waals surface area contributed by atoms with Crippen molar-refractivity contribution >= 4 is 15.9 Å². The first-order valence-electron chi connectivity index (χ1n) is 4.82. The molecule has 1 aromatic rings. The molecule has 4 heteroatoms. The summed E-state index contributed by atoms with van der Waals surface area (Å²) in [6, 6.07) is 3.75. The van der Waals surface area contributed by atoms with Gasteiger partial charge in [-0.15, -0.1) is 0 Å². The molecular weight excluding hydrogens is 260 g/mol. The van der Waals surface area contributed by atoms with Crippen LogP contribution in [0.25, 0.3) is 0 Å². The summed E-state index contributed by atoms with van der Waals surface area (Å²) >= 11 is 3.37. The maximum absolute atomic E-state index is 9.97. The highest BCUT2D eigenvalue weighted by molar-refractivity contribution is 9.09. The summed E-state index contributed by atoms with van der Waals surface area (Å²) in [6.07, 6.45) is -0.528. The van der Waals surface area contributed by atoms with E-state index in [9.17, 15) is 5.11 Å². The van der Waals surface area contributed by atoms with Gasteiger partial charge in [-0.3, -0.25) is 0 Å². The molecule has 0 aromatic heterocycles. The smallest absolute Gasteiger partial charge is 0.231 e. The number of rotatable bonds is 2. The first-order valence-corrected chi connectivity index (χ1v) is 5.73. The van der Waals surface area contributed by atoms with Crippen LogP contribution in [0.5, 0.6) is 11.5 Å². The van der Waals surface area contributed by atoms with Crippen molar-refractivity contribution in [1.82, 2.24) is 0 Å². The van der Waals surface area contributed by atoms with E-state index in [1.807, 2.05) is 26.0 Å². The lowest BCUT2D eigenvalue weighted by atomic mass is 10.0. The number of ether oxygens (including phenoxy) is 2. The average molecular weight is 273 g/mol. The quantitative estimate of drug-likeness (QED) is 0.841. The molecule has 1 aliphatic heterocycles. The fourth-order valence-corrected chi connectivity index (χ4v) is 1.91. The van der Waals surface area contributed by atoms with Gasteiger partial charge in [-0.1, -0.05) is 15.9 Å². The molecular formula is C11H13BrO3. The van der Waals surface area contributed by atoms with Crippen LogP contribution in [0.2, 0.25) is 0 Å². The Morgan fingerprint density at radius 3 is 2.53 bits per heavy atom. The maximum Gasteiger partial charge on any atom is 0.231 e. The summed E-state index contributed by atoms with van der Waals surface area (Å²) in [6.45, 7) is 4.13. The number of benzene rings is 1. The minimum absolute atomic E-state index is 0.0107. The normalized spacial score (nSPS) is 17.6. The van der Waals surface area contributed by atoms with E-state index in [-0.39, 0.29) is 11.6 Å². The summed E-state index contributed by atoms with van der Waals surface area (Å²) in [5, 5.41) is 9.97. The predicted octanol–water partition coefficient (Wildman–Crippen LogP) is 2.54. The van der Waals surface area contributed by atoms with E-state index in [4.69, 9.17) is 9.47 Å². The summed E-state index contributed by atoms with van der Waals surface area (Å²) in [4.78, 5) is 0.0107. The SMILES string of the molecule is Cc1cc2c(cc1C(O)C(C)Br)OCO2. The standard InChI is InChI=1S/C11H13BrO3/c1-6-3-9-10(15-5-14-9)4-8(6)11(13)7(2)12/h3-4,7,11,13H,5H2,1-2H3. The van der Waals surface area contributed by atoms with E-state index in [1.165, 1.54) is 0 Å². The van der Waals surface area contributed by atoms with E-state index in [0.717, 1.165) is 16.9 Å². The highest BCUT2D eigenvalue weighted by atomic mass is 79.9. The van der Waals surface area contributed by atoms with Gasteiger partial charge in [0.1, 0.15) is 0 Å². The number of aliphatic hydroxyl groups excluding tert-OH is 1. The first-order chi connectivity index (χ1) is 7.09. The fourth-order valence-electron chi connectivity index (χ4n) is 1.63. The van der Waals surface area contributed by atoms with Crippen LogP contribution in [0.3, 0.4) is 0 Å². The van der Waals surface area contributed by atoms with E-state index in [0.29, 0.717) is 5.75 Å². The van der Waals surface area contributed by atoms with Gasteiger partial charge in [0.15, 0.2) is 11.5 Å². The Morgan fingerprint density at radius 2 is 1.93 bits per heavy atom. The van der Waals surface area contributed by atoms with Gasteiger partial charge in [0.25, 0.3) is 0 Å². The molecule has 1 heterocycles. The molecule has 15 heavy (non-hydrogen) atoms. The molecule has 0 fully saturated rings. The molecule has 0 radical (unpaired) electrons. The largest absolute Gasteiger partial charge is 0.454 e.